The first kappa shape index (κ1) is 14.1. The van der Waals surface area contributed by atoms with Crippen molar-refractivity contribution in [2.75, 3.05) is 7.11 Å². The Hall–Kier alpha value is -0.990. The lowest BCUT2D eigenvalue weighted by Crippen LogP contribution is -2.36. The molecule has 3 atom stereocenters. The summed E-state index contributed by atoms with van der Waals surface area (Å²) in [7, 11) is 1.44. The molecular weight excluding hydrogens is 216 g/mol. The van der Waals surface area contributed by atoms with Crippen LogP contribution in [0.2, 0.25) is 0 Å². The van der Waals surface area contributed by atoms with Gasteiger partial charge in [-0.3, -0.25) is 0 Å². The van der Waals surface area contributed by atoms with Crippen LogP contribution in [-0.2, 0) is 14.3 Å². The van der Waals surface area contributed by atoms with E-state index in [1.807, 2.05) is 0 Å². The number of carbonyl (C=O) groups excluding carboxylic acids is 1. The number of hydrogen-bond acceptors (Lipinski definition) is 3. The highest BCUT2D eigenvalue weighted by molar-refractivity contribution is 5.85. The van der Waals surface area contributed by atoms with Gasteiger partial charge >= 0.3 is 5.97 Å². The van der Waals surface area contributed by atoms with Gasteiger partial charge in [0.15, 0.2) is 5.76 Å². The van der Waals surface area contributed by atoms with Gasteiger partial charge < -0.3 is 9.47 Å². The molecule has 0 aromatic heterocycles. The molecule has 0 saturated heterocycles. The number of methoxy groups -OCH3 is 1. The molecule has 0 spiro atoms. The Kier molecular flexibility index (Phi) is 5.03. The molecule has 1 aliphatic rings. The van der Waals surface area contributed by atoms with Crippen LogP contribution in [0, 0.1) is 17.8 Å². The van der Waals surface area contributed by atoms with E-state index in [-0.39, 0.29) is 11.9 Å². The molecular formula is C14H24O3. The average molecular weight is 240 g/mol. The fourth-order valence-electron chi connectivity index (χ4n) is 2.54. The number of hydrogen-bond donors (Lipinski definition) is 0. The van der Waals surface area contributed by atoms with Crippen molar-refractivity contribution in [3.63, 3.8) is 0 Å². The predicted molar refractivity (Wildman–Crippen MR) is 67.4 cm³/mol. The van der Waals surface area contributed by atoms with Gasteiger partial charge in [-0.1, -0.05) is 27.2 Å². The van der Waals surface area contributed by atoms with Gasteiger partial charge in [0.1, 0.15) is 6.10 Å². The number of rotatable bonds is 4. The number of carbonyl (C=O) groups is 1. The molecule has 1 rings (SSSR count). The van der Waals surface area contributed by atoms with Gasteiger partial charge in [0, 0.05) is 0 Å². The van der Waals surface area contributed by atoms with Crippen LogP contribution in [-0.4, -0.2) is 19.2 Å². The fraction of sp³-hybridized carbons (Fsp3) is 0.786. The molecule has 1 saturated carbocycles. The summed E-state index contributed by atoms with van der Waals surface area (Å²) in [5, 5.41) is 0. The Bertz CT molecular complexity index is 283. The van der Waals surface area contributed by atoms with Gasteiger partial charge in [-0.25, -0.2) is 4.79 Å². The lowest BCUT2D eigenvalue weighted by molar-refractivity contribution is -0.154. The van der Waals surface area contributed by atoms with Gasteiger partial charge in [-0.05, 0) is 37.2 Å². The molecule has 1 aliphatic carbocycles. The minimum atomic E-state index is -0.419. The summed E-state index contributed by atoms with van der Waals surface area (Å²) in [6.07, 6.45) is 3.32. The van der Waals surface area contributed by atoms with Crippen LogP contribution in [0.1, 0.15) is 40.0 Å². The smallest absolute Gasteiger partial charge is 0.373 e. The molecule has 0 radical (unpaired) electrons. The number of ether oxygens (including phenoxy) is 2. The lowest BCUT2D eigenvalue weighted by Gasteiger charge is -2.36. The maximum absolute atomic E-state index is 11.7. The molecule has 3 heteroatoms. The average Bonchev–Trinajstić information content (AvgIpc) is 2.27. The predicted octanol–water partition coefficient (Wildman–Crippen LogP) is 3.15. The summed E-state index contributed by atoms with van der Waals surface area (Å²) in [6.45, 7) is 10.1. The highest BCUT2D eigenvalue weighted by Gasteiger charge is 2.33. The van der Waals surface area contributed by atoms with E-state index >= 15 is 0 Å². The van der Waals surface area contributed by atoms with E-state index in [4.69, 9.17) is 9.47 Å². The van der Waals surface area contributed by atoms with Crippen LogP contribution in [0.15, 0.2) is 12.3 Å². The first-order chi connectivity index (χ1) is 7.95. The molecule has 0 aliphatic heterocycles. The van der Waals surface area contributed by atoms with Crippen molar-refractivity contribution in [2.24, 2.45) is 17.8 Å². The molecule has 3 unspecified atom stereocenters. The van der Waals surface area contributed by atoms with Crippen molar-refractivity contribution >= 4 is 5.97 Å². The highest BCUT2D eigenvalue weighted by atomic mass is 16.6. The molecule has 3 nitrogen and oxygen atoms in total. The minimum Gasteiger partial charge on any atom is -0.490 e. The second-order valence-corrected chi connectivity index (χ2v) is 5.40. The van der Waals surface area contributed by atoms with Crippen LogP contribution in [0.4, 0.5) is 0 Å². The molecule has 0 heterocycles. The van der Waals surface area contributed by atoms with E-state index in [1.54, 1.807) is 0 Å². The van der Waals surface area contributed by atoms with Gasteiger partial charge in [0.2, 0.25) is 0 Å². The SMILES string of the molecule is C=C(OC)C(=O)OC1CC(C)CCC1C(C)C. The third-order valence-electron chi connectivity index (χ3n) is 3.69. The molecule has 98 valence electrons. The third-order valence-corrected chi connectivity index (χ3v) is 3.69. The monoisotopic (exact) mass is 240 g/mol. The summed E-state index contributed by atoms with van der Waals surface area (Å²) in [4.78, 5) is 11.7. The third kappa shape index (κ3) is 3.76. The van der Waals surface area contributed by atoms with E-state index in [0.29, 0.717) is 17.8 Å². The summed E-state index contributed by atoms with van der Waals surface area (Å²) in [6, 6.07) is 0. The minimum absolute atomic E-state index is 0.0122. The summed E-state index contributed by atoms with van der Waals surface area (Å²) < 4.78 is 10.3. The van der Waals surface area contributed by atoms with Gasteiger partial charge in [-0.2, -0.15) is 0 Å². The maximum atomic E-state index is 11.7. The highest BCUT2D eigenvalue weighted by Crippen LogP contribution is 2.35. The zero-order chi connectivity index (χ0) is 13.0. The first-order valence-corrected chi connectivity index (χ1v) is 6.39. The normalized spacial score (nSPS) is 28.9. The summed E-state index contributed by atoms with van der Waals surface area (Å²) in [5.41, 5.74) is 0. The Morgan fingerprint density at radius 1 is 1.35 bits per heavy atom. The van der Waals surface area contributed by atoms with Gasteiger partial charge in [-0.15, -0.1) is 0 Å². The molecule has 0 N–H and O–H groups in total. The topological polar surface area (TPSA) is 35.5 Å². The Morgan fingerprint density at radius 2 is 2.00 bits per heavy atom. The maximum Gasteiger partial charge on any atom is 0.373 e. The second-order valence-electron chi connectivity index (χ2n) is 5.40. The van der Waals surface area contributed by atoms with Crippen molar-refractivity contribution in [1.82, 2.24) is 0 Å². The van der Waals surface area contributed by atoms with Crippen molar-refractivity contribution in [2.45, 2.75) is 46.1 Å². The summed E-state index contributed by atoms with van der Waals surface area (Å²) in [5.74, 6) is 1.29. The van der Waals surface area contributed by atoms with Crippen LogP contribution < -0.4 is 0 Å². The largest absolute Gasteiger partial charge is 0.490 e. The standard InChI is InChI=1S/C14H24O3/c1-9(2)12-7-6-10(3)8-13(12)17-14(15)11(4)16-5/h9-10,12-13H,4,6-8H2,1-3,5H3. The second kappa shape index (κ2) is 6.08. The van der Waals surface area contributed by atoms with Crippen LogP contribution in [0.25, 0.3) is 0 Å². The van der Waals surface area contributed by atoms with E-state index in [1.165, 1.54) is 13.5 Å². The molecule has 1 fully saturated rings. The van der Waals surface area contributed by atoms with Crippen molar-refractivity contribution in [1.29, 1.82) is 0 Å². The van der Waals surface area contributed by atoms with E-state index in [0.717, 1.165) is 12.8 Å². The van der Waals surface area contributed by atoms with E-state index in [2.05, 4.69) is 27.4 Å². The molecule has 0 aromatic carbocycles. The van der Waals surface area contributed by atoms with E-state index < -0.39 is 5.97 Å². The molecule has 0 aromatic rings. The number of esters is 1. The zero-order valence-electron chi connectivity index (χ0n) is 11.4. The van der Waals surface area contributed by atoms with Gasteiger partial charge in [0.25, 0.3) is 0 Å². The zero-order valence-corrected chi connectivity index (χ0v) is 11.4. The first-order valence-electron chi connectivity index (χ1n) is 6.39. The summed E-state index contributed by atoms with van der Waals surface area (Å²) >= 11 is 0. The van der Waals surface area contributed by atoms with Crippen molar-refractivity contribution < 1.29 is 14.3 Å². The quantitative estimate of drug-likeness (QED) is 0.430. The van der Waals surface area contributed by atoms with Crippen molar-refractivity contribution in [3.05, 3.63) is 12.3 Å². The molecule has 0 bridgehead atoms. The Labute approximate surface area is 104 Å². The molecule has 0 amide bonds. The molecule has 17 heavy (non-hydrogen) atoms. The lowest BCUT2D eigenvalue weighted by atomic mass is 9.75. The van der Waals surface area contributed by atoms with Crippen molar-refractivity contribution in [3.8, 4) is 0 Å². The van der Waals surface area contributed by atoms with Crippen LogP contribution >= 0.6 is 0 Å². The Balaban J connectivity index is 2.63. The fourth-order valence-corrected chi connectivity index (χ4v) is 2.54. The van der Waals surface area contributed by atoms with Crippen LogP contribution in [0.3, 0.4) is 0 Å². The van der Waals surface area contributed by atoms with E-state index in [9.17, 15) is 4.79 Å². The van der Waals surface area contributed by atoms with Crippen LogP contribution in [0.5, 0.6) is 0 Å². The van der Waals surface area contributed by atoms with Gasteiger partial charge in [0.05, 0.1) is 7.11 Å². The Morgan fingerprint density at radius 3 is 2.53 bits per heavy atom.